The molecule has 3 N–H and O–H groups in total. The summed E-state index contributed by atoms with van der Waals surface area (Å²) in [5.74, 6) is 0. The van der Waals surface area contributed by atoms with Crippen molar-refractivity contribution in [1.29, 1.82) is 0 Å². The quantitative estimate of drug-likeness (QED) is 0.411. The SMILES string of the molecule is CO[SiH](O)CCCCCCCCCCCN. The Morgan fingerprint density at radius 2 is 1.31 bits per heavy atom. The topological polar surface area (TPSA) is 55.5 Å². The van der Waals surface area contributed by atoms with Gasteiger partial charge < -0.3 is 15.0 Å². The van der Waals surface area contributed by atoms with Crippen LogP contribution in [0.5, 0.6) is 0 Å². The lowest BCUT2D eigenvalue weighted by Gasteiger charge is -2.05. The highest BCUT2D eigenvalue weighted by Crippen LogP contribution is 2.11. The molecule has 3 nitrogen and oxygen atoms in total. The minimum atomic E-state index is -1.77. The van der Waals surface area contributed by atoms with Crippen molar-refractivity contribution in [3.05, 3.63) is 0 Å². The van der Waals surface area contributed by atoms with Crippen molar-refractivity contribution in [2.24, 2.45) is 5.73 Å². The zero-order valence-electron chi connectivity index (χ0n) is 10.8. The van der Waals surface area contributed by atoms with Gasteiger partial charge in [-0.1, -0.05) is 51.4 Å². The average molecular weight is 247 g/mol. The van der Waals surface area contributed by atoms with Gasteiger partial charge in [0.05, 0.1) is 0 Å². The molecule has 0 heterocycles. The summed E-state index contributed by atoms with van der Waals surface area (Å²) >= 11 is 0. The Morgan fingerprint density at radius 3 is 1.75 bits per heavy atom. The van der Waals surface area contributed by atoms with Gasteiger partial charge in [0, 0.05) is 7.11 Å². The van der Waals surface area contributed by atoms with E-state index in [9.17, 15) is 4.80 Å². The maximum Gasteiger partial charge on any atom is 0.318 e. The van der Waals surface area contributed by atoms with E-state index >= 15 is 0 Å². The molecule has 0 aliphatic carbocycles. The van der Waals surface area contributed by atoms with Crippen LogP contribution in [0.2, 0.25) is 6.04 Å². The van der Waals surface area contributed by atoms with Crippen molar-refractivity contribution in [1.82, 2.24) is 0 Å². The van der Waals surface area contributed by atoms with Crippen LogP contribution in [0, 0.1) is 0 Å². The molecule has 1 unspecified atom stereocenters. The lowest BCUT2D eigenvalue weighted by molar-refractivity contribution is 0.324. The molecule has 0 spiro atoms. The average Bonchev–Trinajstić information content (AvgIpc) is 2.31. The summed E-state index contributed by atoms with van der Waals surface area (Å²) in [5, 5.41) is 0. The first-order valence-corrected chi connectivity index (χ1v) is 8.52. The van der Waals surface area contributed by atoms with Crippen LogP contribution in [0.15, 0.2) is 0 Å². The van der Waals surface area contributed by atoms with Crippen LogP contribution in [-0.4, -0.2) is 27.7 Å². The van der Waals surface area contributed by atoms with Crippen molar-refractivity contribution in [2.75, 3.05) is 13.7 Å². The third kappa shape index (κ3) is 12.2. The fourth-order valence-corrected chi connectivity index (χ4v) is 2.69. The highest BCUT2D eigenvalue weighted by molar-refractivity contribution is 6.42. The molecule has 0 aromatic rings. The Morgan fingerprint density at radius 1 is 0.875 bits per heavy atom. The molecule has 0 aliphatic heterocycles. The van der Waals surface area contributed by atoms with Gasteiger partial charge in [0.1, 0.15) is 0 Å². The van der Waals surface area contributed by atoms with Gasteiger partial charge in [-0.2, -0.15) is 0 Å². The fourth-order valence-electron chi connectivity index (χ4n) is 1.82. The molecule has 0 bridgehead atoms. The second-order valence-electron chi connectivity index (χ2n) is 4.45. The van der Waals surface area contributed by atoms with Crippen molar-refractivity contribution in [2.45, 2.75) is 63.8 Å². The lowest BCUT2D eigenvalue weighted by Crippen LogP contribution is -2.14. The Bertz CT molecular complexity index is 136. The summed E-state index contributed by atoms with van der Waals surface area (Å²) in [6.07, 6.45) is 11.6. The van der Waals surface area contributed by atoms with Gasteiger partial charge >= 0.3 is 9.28 Å². The second-order valence-corrected chi connectivity index (χ2v) is 6.41. The van der Waals surface area contributed by atoms with E-state index in [0.717, 1.165) is 19.0 Å². The van der Waals surface area contributed by atoms with Gasteiger partial charge in [-0.3, -0.25) is 0 Å². The molecule has 0 saturated heterocycles. The summed E-state index contributed by atoms with van der Waals surface area (Å²) in [7, 11) is -0.162. The van der Waals surface area contributed by atoms with Crippen LogP contribution in [0.1, 0.15) is 57.8 Å². The molecule has 0 rings (SSSR count). The normalized spacial score (nSPS) is 12.9. The van der Waals surface area contributed by atoms with E-state index in [2.05, 4.69) is 0 Å². The first kappa shape index (κ1) is 16.1. The molecular formula is C12H29NO2Si. The number of rotatable bonds is 12. The van der Waals surface area contributed by atoms with Crippen LogP contribution in [0.25, 0.3) is 0 Å². The summed E-state index contributed by atoms with van der Waals surface area (Å²) in [6, 6.07) is 0.910. The first-order valence-electron chi connectivity index (χ1n) is 6.72. The Kier molecular flexibility index (Phi) is 13.2. The first-order chi connectivity index (χ1) is 7.81. The van der Waals surface area contributed by atoms with Crippen molar-refractivity contribution in [3.63, 3.8) is 0 Å². The minimum Gasteiger partial charge on any atom is -0.413 e. The smallest absolute Gasteiger partial charge is 0.318 e. The van der Waals surface area contributed by atoms with Gasteiger partial charge in [0.25, 0.3) is 0 Å². The zero-order chi connectivity index (χ0) is 12.1. The van der Waals surface area contributed by atoms with E-state index in [1.807, 2.05) is 0 Å². The van der Waals surface area contributed by atoms with Gasteiger partial charge in [-0.25, -0.2) is 0 Å². The van der Waals surface area contributed by atoms with E-state index in [1.54, 1.807) is 7.11 Å². The highest BCUT2D eigenvalue weighted by atomic mass is 28.3. The monoisotopic (exact) mass is 247 g/mol. The van der Waals surface area contributed by atoms with Gasteiger partial charge in [0.15, 0.2) is 0 Å². The van der Waals surface area contributed by atoms with Crippen LogP contribution < -0.4 is 5.73 Å². The van der Waals surface area contributed by atoms with E-state index in [0.29, 0.717) is 0 Å². The predicted molar refractivity (Wildman–Crippen MR) is 71.8 cm³/mol. The van der Waals surface area contributed by atoms with Crippen LogP contribution in [0.4, 0.5) is 0 Å². The maximum atomic E-state index is 9.29. The molecule has 0 saturated carbocycles. The molecule has 4 heteroatoms. The zero-order valence-corrected chi connectivity index (χ0v) is 11.9. The molecule has 0 fully saturated rings. The third-order valence-electron chi connectivity index (χ3n) is 2.93. The largest absolute Gasteiger partial charge is 0.413 e. The third-order valence-corrected chi connectivity index (χ3v) is 4.37. The van der Waals surface area contributed by atoms with Crippen molar-refractivity contribution >= 4 is 9.28 Å². The molecule has 98 valence electrons. The highest BCUT2D eigenvalue weighted by Gasteiger charge is 2.03. The van der Waals surface area contributed by atoms with Crippen LogP contribution >= 0.6 is 0 Å². The molecule has 0 aromatic carbocycles. The molecular weight excluding hydrogens is 218 g/mol. The number of hydrogen-bond donors (Lipinski definition) is 2. The molecule has 0 amide bonds. The van der Waals surface area contributed by atoms with Gasteiger partial charge in [0.2, 0.25) is 0 Å². The van der Waals surface area contributed by atoms with Gasteiger partial charge in [-0.15, -0.1) is 0 Å². The fraction of sp³-hybridized carbons (Fsp3) is 1.00. The minimum absolute atomic E-state index is 0.839. The number of unbranched alkanes of at least 4 members (excludes halogenated alkanes) is 8. The van der Waals surface area contributed by atoms with Crippen LogP contribution in [-0.2, 0) is 4.43 Å². The summed E-state index contributed by atoms with van der Waals surface area (Å²) in [4.78, 5) is 9.29. The standard InChI is InChI=1S/C12H29NO2Si/c1-15-16(14)12-10-8-6-4-2-3-5-7-9-11-13/h14,16H,2-13H2,1H3. The molecule has 16 heavy (non-hydrogen) atoms. The number of hydrogen-bond acceptors (Lipinski definition) is 3. The molecule has 0 aliphatic rings. The van der Waals surface area contributed by atoms with Crippen LogP contribution in [0.3, 0.4) is 0 Å². The van der Waals surface area contributed by atoms with E-state index in [-0.39, 0.29) is 0 Å². The van der Waals surface area contributed by atoms with E-state index in [1.165, 1.54) is 51.4 Å². The van der Waals surface area contributed by atoms with E-state index < -0.39 is 9.28 Å². The Hall–Kier alpha value is 0.0969. The number of nitrogens with two attached hydrogens (primary N) is 1. The summed E-state index contributed by atoms with van der Waals surface area (Å²) in [6.45, 7) is 0.839. The molecule has 0 radical (unpaired) electrons. The Labute approximate surface area is 102 Å². The summed E-state index contributed by atoms with van der Waals surface area (Å²) in [5.41, 5.74) is 5.43. The van der Waals surface area contributed by atoms with Crippen molar-refractivity contribution in [3.8, 4) is 0 Å². The van der Waals surface area contributed by atoms with Gasteiger partial charge in [-0.05, 0) is 19.0 Å². The lowest BCUT2D eigenvalue weighted by atomic mass is 10.1. The second kappa shape index (κ2) is 13.2. The summed E-state index contributed by atoms with van der Waals surface area (Å²) < 4.78 is 4.92. The Balaban J connectivity index is 2.93. The van der Waals surface area contributed by atoms with Crippen molar-refractivity contribution < 1.29 is 9.22 Å². The predicted octanol–water partition coefficient (Wildman–Crippen LogP) is 2.32. The maximum absolute atomic E-state index is 9.29. The molecule has 0 aromatic heterocycles. The molecule has 1 atom stereocenters. The van der Waals surface area contributed by atoms with E-state index in [4.69, 9.17) is 10.2 Å².